The molecule has 2 amide bonds. The van der Waals surface area contributed by atoms with Gasteiger partial charge in [-0.2, -0.15) is 0 Å². The molecule has 2 aromatic rings. The minimum atomic E-state index is -0.404. The molecule has 0 atom stereocenters. The van der Waals surface area contributed by atoms with Crippen LogP contribution >= 0.6 is 39.9 Å². The van der Waals surface area contributed by atoms with Crippen molar-refractivity contribution in [3.05, 3.63) is 57.2 Å². The van der Waals surface area contributed by atoms with Crippen LogP contribution in [0.4, 0.5) is 10.1 Å². The molecule has 0 spiro atoms. The monoisotopic (exact) mass is 538 g/mol. The fraction of sp³-hybridized carbons (Fsp3) is 0.227. The van der Waals surface area contributed by atoms with Crippen LogP contribution < -0.4 is 14.8 Å². The van der Waals surface area contributed by atoms with Crippen LogP contribution in [0.5, 0.6) is 11.5 Å². The summed E-state index contributed by atoms with van der Waals surface area (Å²) < 4.78 is 25.5. The highest BCUT2D eigenvalue weighted by Gasteiger charge is 2.30. The second-order valence-electron chi connectivity index (χ2n) is 6.53. The minimum absolute atomic E-state index is 0.130. The number of thiocarbonyl (C=S) groups is 1. The zero-order chi connectivity index (χ0) is 23.3. The van der Waals surface area contributed by atoms with Crippen molar-refractivity contribution in [2.24, 2.45) is 0 Å². The van der Waals surface area contributed by atoms with E-state index in [4.69, 9.17) is 21.7 Å². The highest BCUT2D eigenvalue weighted by atomic mass is 79.9. The number of ether oxygens (including phenoxy) is 2. The van der Waals surface area contributed by atoms with E-state index in [1.807, 2.05) is 13.8 Å². The van der Waals surface area contributed by atoms with Gasteiger partial charge in [0, 0.05) is 12.2 Å². The molecule has 6 nitrogen and oxygen atoms in total. The fourth-order valence-corrected chi connectivity index (χ4v) is 4.82. The molecule has 0 unspecified atom stereocenters. The molecule has 3 rings (SSSR count). The maximum atomic E-state index is 13.0. The number of benzene rings is 2. The molecule has 32 heavy (non-hydrogen) atoms. The van der Waals surface area contributed by atoms with Crippen LogP contribution in [-0.2, 0) is 9.59 Å². The minimum Gasteiger partial charge on any atom is -0.490 e. The number of halogens is 2. The maximum absolute atomic E-state index is 13.0. The third kappa shape index (κ3) is 5.87. The highest BCUT2D eigenvalue weighted by molar-refractivity contribution is 9.10. The van der Waals surface area contributed by atoms with Gasteiger partial charge < -0.3 is 14.8 Å². The lowest BCUT2D eigenvalue weighted by Gasteiger charge is -2.15. The first-order valence-corrected chi connectivity index (χ1v) is 11.7. The molecule has 1 aliphatic rings. The second-order valence-corrected chi connectivity index (χ2v) is 9.06. The topological polar surface area (TPSA) is 67.9 Å². The predicted octanol–water partition coefficient (Wildman–Crippen LogP) is 5.23. The van der Waals surface area contributed by atoms with Crippen molar-refractivity contribution in [3.63, 3.8) is 0 Å². The normalized spacial score (nSPS) is 14.8. The first-order valence-electron chi connectivity index (χ1n) is 9.72. The third-order valence-electron chi connectivity index (χ3n) is 4.29. The Labute approximate surface area is 203 Å². The number of likely N-dealkylation sites (N-methyl/N-ethyl adjacent to an activating group) is 1. The smallest absolute Gasteiger partial charge is 0.266 e. The summed E-state index contributed by atoms with van der Waals surface area (Å²) in [5, 5.41) is 2.64. The Balaban J connectivity index is 1.76. The molecule has 0 aliphatic carbocycles. The van der Waals surface area contributed by atoms with Crippen molar-refractivity contribution in [2.45, 2.75) is 13.8 Å². The number of amides is 2. The number of anilines is 1. The van der Waals surface area contributed by atoms with Gasteiger partial charge in [-0.25, -0.2) is 4.39 Å². The number of hydrogen-bond acceptors (Lipinski definition) is 6. The lowest BCUT2D eigenvalue weighted by atomic mass is 10.2. The van der Waals surface area contributed by atoms with E-state index < -0.39 is 5.91 Å². The number of carbonyl (C=O) groups is 2. The van der Waals surface area contributed by atoms with Gasteiger partial charge in [-0.05, 0) is 77.8 Å². The molecular formula is C22H20BrFN2O4S2. The molecule has 0 bridgehead atoms. The van der Waals surface area contributed by atoms with Crippen LogP contribution in [0.1, 0.15) is 19.4 Å². The summed E-state index contributed by atoms with van der Waals surface area (Å²) in [6, 6.07) is 8.95. The number of carbonyl (C=O) groups excluding carboxylic acids is 2. The summed E-state index contributed by atoms with van der Waals surface area (Å²) in [6.45, 7) is 4.33. The van der Waals surface area contributed by atoms with Gasteiger partial charge in [0.1, 0.15) is 10.1 Å². The van der Waals surface area contributed by atoms with Crippen LogP contribution in [-0.4, -0.2) is 40.8 Å². The quantitative estimate of drug-likeness (QED) is 0.366. The van der Waals surface area contributed by atoms with Gasteiger partial charge in [0.05, 0.1) is 16.0 Å². The molecular weight excluding hydrogens is 519 g/mol. The van der Waals surface area contributed by atoms with E-state index in [-0.39, 0.29) is 18.3 Å². The molecule has 0 saturated carbocycles. The van der Waals surface area contributed by atoms with Crippen molar-refractivity contribution in [1.29, 1.82) is 0 Å². The molecule has 1 aliphatic heterocycles. The molecule has 10 heteroatoms. The summed E-state index contributed by atoms with van der Waals surface area (Å²) in [6.07, 6.45) is 1.74. The van der Waals surface area contributed by atoms with Gasteiger partial charge in [0.15, 0.2) is 18.1 Å². The molecule has 2 aromatic carbocycles. The van der Waals surface area contributed by atoms with Gasteiger partial charge in [-0.15, -0.1) is 0 Å². The van der Waals surface area contributed by atoms with E-state index in [1.165, 1.54) is 36.0 Å². The van der Waals surface area contributed by atoms with Crippen LogP contribution in [0.25, 0.3) is 6.08 Å². The Morgan fingerprint density at radius 3 is 2.59 bits per heavy atom. The number of rotatable bonds is 8. The van der Waals surface area contributed by atoms with E-state index in [2.05, 4.69) is 21.2 Å². The van der Waals surface area contributed by atoms with Crippen molar-refractivity contribution < 1.29 is 23.5 Å². The average molecular weight is 539 g/mol. The summed E-state index contributed by atoms with van der Waals surface area (Å²) in [5.41, 5.74) is 1.18. The van der Waals surface area contributed by atoms with Gasteiger partial charge in [-0.1, -0.05) is 24.0 Å². The summed E-state index contributed by atoms with van der Waals surface area (Å²) in [5.74, 6) is -0.137. The Hall–Kier alpha value is -2.43. The highest BCUT2D eigenvalue weighted by Crippen LogP contribution is 2.39. The van der Waals surface area contributed by atoms with Crippen molar-refractivity contribution in [3.8, 4) is 11.5 Å². The van der Waals surface area contributed by atoms with E-state index >= 15 is 0 Å². The summed E-state index contributed by atoms with van der Waals surface area (Å²) in [7, 11) is 0. The molecule has 1 heterocycles. The molecule has 1 fully saturated rings. The van der Waals surface area contributed by atoms with Gasteiger partial charge in [-0.3, -0.25) is 14.5 Å². The van der Waals surface area contributed by atoms with E-state index in [0.29, 0.717) is 44.0 Å². The lowest BCUT2D eigenvalue weighted by molar-refractivity contribution is -0.122. The van der Waals surface area contributed by atoms with Crippen molar-refractivity contribution in [2.75, 3.05) is 25.1 Å². The van der Waals surface area contributed by atoms with Gasteiger partial charge in [0.25, 0.3) is 11.8 Å². The van der Waals surface area contributed by atoms with E-state index in [0.717, 1.165) is 5.56 Å². The lowest BCUT2D eigenvalue weighted by Crippen LogP contribution is -2.27. The molecule has 1 saturated heterocycles. The van der Waals surface area contributed by atoms with E-state index in [1.54, 1.807) is 23.1 Å². The first kappa shape index (κ1) is 24.2. The average Bonchev–Trinajstić information content (AvgIpc) is 3.01. The predicted molar refractivity (Wildman–Crippen MR) is 131 cm³/mol. The number of nitrogens with one attached hydrogen (secondary N) is 1. The molecule has 1 N–H and O–H groups in total. The third-order valence-corrected chi connectivity index (χ3v) is 6.26. The largest absolute Gasteiger partial charge is 0.490 e. The number of hydrogen-bond donors (Lipinski definition) is 1. The molecule has 168 valence electrons. The standard InChI is InChI=1S/C22H20BrFN2O4S2/c1-3-26-21(28)18(32-22(26)31)11-13-9-16(23)20(17(10-13)29-4-2)30-12-19(27)25-15-7-5-14(24)6-8-15/h5-11H,3-4,12H2,1-2H3,(H,25,27)/b18-11-. The zero-order valence-electron chi connectivity index (χ0n) is 17.3. The van der Waals surface area contributed by atoms with Crippen LogP contribution in [0.2, 0.25) is 0 Å². The number of thioether (sulfide) groups is 1. The Kier molecular flexibility index (Phi) is 8.27. The summed E-state index contributed by atoms with van der Waals surface area (Å²) in [4.78, 5) is 26.8. The van der Waals surface area contributed by atoms with Gasteiger partial charge in [0.2, 0.25) is 0 Å². The first-order chi connectivity index (χ1) is 15.3. The second kappa shape index (κ2) is 10.9. The van der Waals surface area contributed by atoms with Crippen molar-refractivity contribution >= 4 is 67.8 Å². The number of nitrogens with zero attached hydrogens (tertiary/aromatic N) is 1. The van der Waals surface area contributed by atoms with Crippen LogP contribution in [0.15, 0.2) is 45.8 Å². The molecule has 0 radical (unpaired) electrons. The SMILES string of the molecule is CCOc1cc(/C=C2\SC(=S)N(CC)C2=O)cc(Br)c1OCC(=O)Nc1ccc(F)cc1. The zero-order valence-corrected chi connectivity index (χ0v) is 20.5. The van der Waals surface area contributed by atoms with Crippen LogP contribution in [0.3, 0.4) is 0 Å². The Morgan fingerprint density at radius 1 is 1.25 bits per heavy atom. The summed E-state index contributed by atoms with van der Waals surface area (Å²) >= 11 is 9.96. The Bertz CT molecular complexity index is 1080. The van der Waals surface area contributed by atoms with Gasteiger partial charge >= 0.3 is 0 Å². The molecule has 0 aromatic heterocycles. The Morgan fingerprint density at radius 2 is 1.97 bits per heavy atom. The van der Waals surface area contributed by atoms with Crippen LogP contribution in [0, 0.1) is 5.82 Å². The van der Waals surface area contributed by atoms with E-state index in [9.17, 15) is 14.0 Å². The maximum Gasteiger partial charge on any atom is 0.266 e. The van der Waals surface area contributed by atoms with Crippen molar-refractivity contribution in [1.82, 2.24) is 4.90 Å². The fourth-order valence-electron chi connectivity index (χ4n) is 2.87.